The Balaban J connectivity index is 2.92. The molecule has 0 heterocycles. The molecule has 120 valence electrons. The second-order valence-electron chi connectivity index (χ2n) is 5.00. The summed E-state index contributed by atoms with van der Waals surface area (Å²) in [7, 11) is 5.11. The maximum atomic E-state index is 6.02. The van der Waals surface area contributed by atoms with E-state index in [2.05, 4.69) is 17.0 Å². The molecule has 1 rings (SSSR count). The van der Waals surface area contributed by atoms with E-state index >= 15 is 0 Å². The van der Waals surface area contributed by atoms with Gasteiger partial charge in [-0.25, -0.2) is 0 Å². The van der Waals surface area contributed by atoms with Crippen LogP contribution in [0.25, 0.3) is 0 Å². The first-order valence-electron chi connectivity index (χ1n) is 7.24. The maximum absolute atomic E-state index is 6.02. The minimum atomic E-state index is 0.153. The molecule has 0 saturated carbocycles. The van der Waals surface area contributed by atoms with Crippen LogP contribution in [0.1, 0.15) is 17.2 Å². The standard InChI is InChI=1S/C16H28N2O3/c1-13-11-14(5-6-16(13)21-4)15(12-17)18(7-9-19-2)8-10-20-3/h5-6,11,15H,7-10,12,17H2,1-4H3. The van der Waals surface area contributed by atoms with E-state index in [1.54, 1.807) is 21.3 Å². The van der Waals surface area contributed by atoms with Crippen LogP contribution in [0.15, 0.2) is 18.2 Å². The molecule has 0 fully saturated rings. The van der Waals surface area contributed by atoms with E-state index in [0.29, 0.717) is 19.8 Å². The molecule has 1 aromatic rings. The zero-order valence-electron chi connectivity index (χ0n) is 13.6. The highest BCUT2D eigenvalue weighted by Gasteiger charge is 2.19. The lowest BCUT2D eigenvalue weighted by molar-refractivity contribution is 0.0891. The van der Waals surface area contributed by atoms with Crippen molar-refractivity contribution in [3.05, 3.63) is 29.3 Å². The van der Waals surface area contributed by atoms with Crippen molar-refractivity contribution in [1.29, 1.82) is 0 Å². The van der Waals surface area contributed by atoms with Crippen molar-refractivity contribution < 1.29 is 14.2 Å². The van der Waals surface area contributed by atoms with Gasteiger partial charge < -0.3 is 19.9 Å². The molecule has 0 saturated heterocycles. The van der Waals surface area contributed by atoms with Gasteiger partial charge in [0, 0.05) is 39.9 Å². The molecule has 1 unspecified atom stereocenters. The lowest BCUT2D eigenvalue weighted by Gasteiger charge is -2.31. The lowest BCUT2D eigenvalue weighted by atomic mass is 10.0. The van der Waals surface area contributed by atoms with Crippen molar-refractivity contribution in [2.45, 2.75) is 13.0 Å². The molecule has 1 aromatic carbocycles. The molecule has 0 aromatic heterocycles. The fourth-order valence-corrected chi connectivity index (χ4v) is 2.45. The molecule has 0 aliphatic rings. The number of benzene rings is 1. The first kappa shape index (κ1) is 17.9. The second kappa shape index (κ2) is 9.73. The summed E-state index contributed by atoms with van der Waals surface area (Å²) < 4.78 is 15.7. The van der Waals surface area contributed by atoms with E-state index in [4.69, 9.17) is 19.9 Å². The number of ether oxygens (including phenoxy) is 3. The number of rotatable bonds is 10. The van der Waals surface area contributed by atoms with Crippen LogP contribution in [0.4, 0.5) is 0 Å². The Morgan fingerprint density at radius 1 is 1.10 bits per heavy atom. The maximum Gasteiger partial charge on any atom is 0.121 e. The summed E-state index contributed by atoms with van der Waals surface area (Å²) in [5.41, 5.74) is 8.33. The lowest BCUT2D eigenvalue weighted by Crippen LogP contribution is -2.38. The topological polar surface area (TPSA) is 57.0 Å². The summed E-state index contributed by atoms with van der Waals surface area (Å²) in [5, 5.41) is 0. The number of nitrogens with two attached hydrogens (primary N) is 1. The minimum Gasteiger partial charge on any atom is -0.496 e. The zero-order valence-corrected chi connectivity index (χ0v) is 13.6. The molecule has 21 heavy (non-hydrogen) atoms. The largest absolute Gasteiger partial charge is 0.496 e. The van der Waals surface area contributed by atoms with Gasteiger partial charge in [0.1, 0.15) is 5.75 Å². The Bertz CT molecular complexity index is 405. The average Bonchev–Trinajstić information content (AvgIpc) is 2.50. The monoisotopic (exact) mass is 296 g/mol. The Morgan fingerprint density at radius 2 is 1.71 bits per heavy atom. The molecular weight excluding hydrogens is 268 g/mol. The van der Waals surface area contributed by atoms with E-state index in [1.165, 1.54) is 5.56 Å². The summed E-state index contributed by atoms with van der Waals surface area (Å²) >= 11 is 0. The van der Waals surface area contributed by atoms with Crippen LogP contribution in [0.2, 0.25) is 0 Å². The van der Waals surface area contributed by atoms with E-state index in [1.807, 2.05) is 13.0 Å². The van der Waals surface area contributed by atoms with Gasteiger partial charge in [0.15, 0.2) is 0 Å². The van der Waals surface area contributed by atoms with Crippen molar-refractivity contribution in [3.63, 3.8) is 0 Å². The first-order chi connectivity index (χ1) is 10.2. The highest BCUT2D eigenvalue weighted by Crippen LogP contribution is 2.25. The molecule has 0 aliphatic carbocycles. The summed E-state index contributed by atoms with van der Waals surface area (Å²) in [6.45, 7) is 5.61. The zero-order chi connectivity index (χ0) is 15.7. The van der Waals surface area contributed by atoms with Crippen LogP contribution >= 0.6 is 0 Å². The Kier molecular flexibility index (Phi) is 8.30. The van der Waals surface area contributed by atoms with Gasteiger partial charge in [-0.1, -0.05) is 12.1 Å². The SMILES string of the molecule is COCCN(CCOC)C(CN)c1ccc(OC)c(C)c1. The summed E-state index contributed by atoms with van der Waals surface area (Å²) in [5.74, 6) is 0.898. The Morgan fingerprint density at radius 3 is 2.14 bits per heavy atom. The Hall–Kier alpha value is -1.14. The number of aryl methyl sites for hydroxylation is 1. The van der Waals surface area contributed by atoms with E-state index in [-0.39, 0.29) is 6.04 Å². The fourth-order valence-electron chi connectivity index (χ4n) is 2.45. The summed E-state index contributed by atoms with van der Waals surface area (Å²) in [6, 6.07) is 6.37. The Labute approximate surface area is 128 Å². The van der Waals surface area contributed by atoms with Crippen LogP contribution in [0.3, 0.4) is 0 Å². The van der Waals surface area contributed by atoms with Crippen LogP contribution in [-0.2, 0) is 9.47 Å². The van der Waals surface area contributed by atoms with Gasteiger partial charge in [0.25, 0.3) is 0 Å². The minimum absolute atomic E-state index is 0.153. The average molecular weight is 296 g/mol. The van der Waals surface area contributed by atoms with Crippen LogP contribution in [0.5, 0.6) is 5.75 Å². The quantitative estimate of drug-likeness (QED) is 0.711. The summed E-state index contributed by atoms with van der Waals surface area (Å²) in [6.07, 6.45) is 0. The van der Waals surface area contributed by atoms with Crippen molar-refractivity contribution in [2.75, 3.05) is 54.2 Å². The highest BCUT2D eigenvalue weighted by atomic mass is 16.5. The van der Waals surface area contributed by atoms with Gasteiger partial charge in [-0.15, -0.1) is 0 Å². The second-order valence-corrected chi connectivity index (χ2v) is 5.00. The molecule has 5 heteroatoms. The number of hydrogen-bond donors (Lipinski definition) is 1. The predicted molar refractivity (Wildman–Crippen MR) is 84.9 cm³/mol. The fraction of sp³-hybridized carbons (Fsp3) is 0.625. The highest BCUT2D eigenvalue weighted by molar-refractivity contribution is 5.37. The molecule has 0 radical (unpaired) electrons. The van der Waals surface area contributed by atoms with Gasteiger partial charge in [0.2, 0.25) is 0 Å². The van der Waals surface area contributed by atoms with Crippen LogP contribution < -0.4 is 10.5 Å². The van der Waals surface area contributed by atoms with E-state index in [9.17, 15) is 0 Å². The third kappa shape index (κ3) is 5.28. The molecule has 2 N–H and O–H groups in total. The molecule has 0 aliphatic heterocycles. The third-order valence-corrected chi connectivity index (χ3v) is 3.63. The number of nitrogens with zero attached hydrogens (tertiary/aromatic N) is 1. The van der Waals surface area contributed by atoms with Crippen LogP contribution in [0, 0.1) is 6.92 Å². The summed E-state index contributed by atoms with van der Waals surface area (Å²) in [4.78, 5) is 2.30. The molecule has 5 nitrogen and oxygen atoms in total. The third-order valence-electron chi connectivity index (χ3n) is 3.63. The predicted octanol–water partition coefficient (Wildman–Crippen LogP) is 1.60. The number of methoxy groups -OCH3 is 3. The van der Waals surface area contributed by atoms with Crippen molar-refractivity contribution in [3.8, 4) is 5.75 Å². The number of hydrogen-bond acceptors (Lipinski definition) is 5. The first-order valence-corrected chi connectivity index (χ1v) is 7.24. The smallest absolute Gasteiger partial charge is 0.121 e. The normalized spacial score (nSPS) is 12.7. The van der Waals surface area contributed by atoms with Gasteiger partial charge in [0.05, 0.1) is 20.3 Å². The van der Waals surface area contributed by atoms with Crippen molar-refractivity contribution in [1.82, 2.24) is 4.90 Å². The van der Waals surface area contributed by atoms with E-state index < -0.39 is 0 Å². The molecule has 0 spiro atoms. The van der Waals surface area contributed by atoms with Gasteiger partial charge in [-0.3, -0.25) is 4.90 Å². The van der Waals surface area contributed by atoms with Crippen LogP contribution in [-0.4, -0.2) is 59.1 Å². The van der Waals surface area contributed by atoms with E-state index in [0.717, 1.165) is 24.4 Å². The van der Waals surface area contributed by atoms with Gasteiger partial charge >= 0.3 is 0 Å². The van der Waals surface area contributed by atoms with Crippen molar-refractivity contribution >= 4 is 0 Å². The molecule has 1 atom stereocenters. The molecule has 0 bridgehead atoms. The van der Waals surface area contributed by atoms with Gasteiger partial charge in [-0.2, -0.15) is 0 Å². The van der Waals surface area contributed by atoms with Gasteiger partial charge in [-0.05, 0) is 24.1 Å². The van der Waals surface area contributed by atoms with Crippen molar-refractivity contribution in [2.24, 2.45) is 5.73 Å². The molecule has 0 amide bonds. The molecular formula is C16H28N2O3.